The Kier molecular flexibility index (Phi) is 9.59. The van der Waals surface area contributed by atoms with Crippen molar-refractivity contribution in [2.45, 2.75) is 45.3 Å². The molecule has 2 heterocycles. The number of hydrogen-bond donors (Lipinski definition) is 3. The number of benzene rings is 2. The fourth-order valence-electron chi connectivity index (χ4n) is 4.63. The van der Waals surface area contributed by atoms with Crippen molar-refractivity contribution in [1.29, 1.82) is 0 Å². The third kappa shape index (κ3) is 7.70. The lowest BCUT2D eigenvalue weighted by Gasteiger charge is -2.31. The monoisotopic (exact) mass is 618 g/mol. The maximum atomic E-state index is 15.5. The third-order valence-corrected chi connectivity index (χ3v) is 8.39. The van der Waals surface area contributed by atoms with Crippen LogP contribution in [0, 0.1) is 5.82 Å². The zero-order valence-electron chi connectivity index (χ0n) is 23.9. The van der Waals surface area contributed by atoms with E-state index in [4.69, 9.17) is 17.0 Å². The molecule has 1 unspecified atom stereocenters. The molecule has 0 fully saturated rings. The van der Waals surface area contributed by atoms with Gasteiger partial charge in [0.1, 0.15) is 17.4 Å². The molecule has 0 spiro atoms. The van der Waals surface area contributed by atoms with Crippen LogP contribution in [0.5, 0.6) is 5.75 Å². The number of fused-ring (bicyclic) bond motifs is 1. The van der Waals surface area contributed by atoms with Crippen molar-refractivity contribution in [3.63, 3.8) is 0 Å². The summed E-state index contributed by atoms with van der Waals surface area (Å²) in [6.07, 6.45) is 6.12. The van der Waals surface area contributed by atoms with E-state index >= 15 is 4.39 Å². The molecule has 1 atom stereocenters. The zero-order valence-corrected chi connectivity index (χ0v) is 25.5. The number of thiophene rings is 1. The number of thiocarbonyl (C=S) groups is 1. The summed E-state index contributed by atoms with van der Waals surface area (Å²) in [5.41, 5.74) is 2.93. The van der Waals surface area contributed by atoms with Crippen molar-refractivity contribution in [2.24, 2.45) is 0 Å². The quantitative estimate of drug-likeness (QED) is 0.130. The molecule has 0 bridgehead atoms. The molecule has 222 valence electrons. The molecule has 1 amide bonds. The zero-order chi connectivity index (χ0) is 30.4. The van der Waals surface area contributed by atoms with Gasteiger partial charge in [-0.25, -0.2) is 8.78 Å². The topological polar surface area (TPSA) is 75.3 Å². The minimum atomic E-state index is -1.23. The molecule has 0 radical (unpaired) electrons. The number of carbonyl (C=O) groups excluding carboxylic acids is 1. The molecule has 43 heavy (non-hydrogen) atoms. The van der Waals surface area contributed by atoms with Crippen molar-refractivity contribution < 1.29 is 18.3 Å². The van der Waals surface area contributed by atoms with Crippen LogP contribution < -0.4 is 20.7 Å². The lowest BCUT2D eigenvalue weighted by molar-refractivity contribution is -0.119. The molecule has 1 aliphatic rings. The largest absolute Gasteiger partial charge is 0.478 e. The van der Waals surface area contributed by atoms with Crippen LogP contribution >= 0.6 is 23.6 Å². The number of nitrogens with zero attached hydrogens (tertiary/aromatic N) is 1. The Morgan fingerprint density at radius 1 is 1.09 bits per heavy atom. The van der Waals surface area contributed by atoms with Gasteiger partial charge in [-0.3, -0.25) is 9.78 Å². The summed E-state index contributed by atoms with van der Waals surface area (Å²) in [5.74, 6) is -0.663. The van der Waals surface area contributed by atoms with Crippen molar-refractivity contribution in [3.05, 3.63) is 107 Å². The van der Waals surface area contributed by atoms with Gasteiger partial charge in [-0.1, -0.05) is 49.4 Å². The fourth-order valence-corrected chi connectivity index (χ4v) is 5.93. The van der Waals surface area contributed by atoms with E-state index in [1.165, 1.54) is 35.9 Å². The Balaban J connectivity index is 1.22. The Morgan fingerprint density at radius 2 is 1.84 bits per heavy atom. The number of ether oxygens (including phenoxy) is 1. The van der Waals surface area contributed by atoms with Gasteiger partial charge in [0, 0.05) is 35.8 Å². The highest BCUT2D eigenvalue weighted by atomic mass is 32.1. The first-order valence-corrected chi connectivity index (χ1v) is 15.3. The van der Waals surface area contributed by atoms with Crippen LogP contribution in [0.25, 0.3) is 20.7 Å². The molecule has 10 heteroatoms. The maximum Gasteiger partial charge on any atom is 0.230 e. The Labute approximate surface area is 258 Å². The van der Waals surface area contributed by atoms with Gasteiger partial charge >= 0.3 is 0 Å². The summed E-state index contributed by atoms with van der Waals surface area (Å²) >= 11 is 6.80. The predicted octanol–water partition coefficient (Wildman–Crippen LogP) is 7.11. The summed E-state index contributed by atoms with van der Waals surface area (Å²) in [5, 5.41) is 8.89. The van der Waals surface area contributed by atoms with Crippen LogP contribution in [-0.2, 0) is 17.8 Å². The molecule has 3 N–H and O–H groups in total. The van der Waals surface area contributed by atoms with Crippen LogP contribution in [0.15, 0.2) is 90.5 Å². The number of halogens is 2. The van der Waals surface area contributed by atoms with E-state index in [9.17, 15) is 9.18 Å². The number of amides is 1. The normalized spacial score (nSPS) is 16.4. The molecule has 2 aromatic carbocycles. The summed E-state index contributed by atoms with van der Waals surface area (Å²) < 4.78 is 35.7. The van der Waals surface area contributed by atoms with Crippen LogP contribution in [-0.4, -0.2) is 28.1 Å². The number of rotatable bonds is 10. The first kappa shape index (κ1) is 30.5. The van der Waals surface area contributed by atoms with Gasteiger partial charge < -0.3 is 20.7 Å². The minimum Gasteiger partial charge on any atom is -0.478 e. The van der Waals surface area contributed by atoms with Gasteiger partial charge in [-0.2, -0.15) is 0 Å². The van der Waals surface area contributed by atoms with E-state index in [0.29, 0.717) is 17.0 Å². The third-order valence-electron chi connectivity index (χ3n) is 6.99. The van der Waals surface area contributed by atoms with Crippen molar-refractivity contribution in [3.8, 4) is 16.2 Å². The second-order valence-electron chi connectivity index (χ2n) is 10.5. The average molecular weight is 619 g/mol. The predicted molar refractivity (Wildman–Crippen MR) is 172 cm³/mol. The highest BCUT2D eigenvalue weighted by molar-refractivity contribution is 7.80. The van der Waals surface area contributed by atoms with Gasteiger partial charge in [-0.05, 0) is 73.1 Å². The summed E-state index contributed by atoms with van der Waals surface area (Å²) in [4.78, 5) is 17.9. The molecular weight excluding hydrogens is 587 g/mol. The van der Waals surface area contributed by atoms with Crippen LogP contribution in [0.4, 0.5) is 8.78 Å². The van der Waals surface area contributed by atoms with E-state index < -0.39 is 11.4 Å². The first-order valence-electron chi connectivity index (χ1n) is 14.0. The van der Waals surface area contributed by atoms with E-state index in [2.05, 4.69) is 52.1 Å². The molecule has 4 aromatic rings. The van der Waals surface area contributed by atoms with Crippen molar-refractivity contribution in [1.82, 2.24) is 20.9 Å². The highest BCUT2D eigenvalue weighted by Gasteiger charge is 2.35. The standard InChI is InChI=1S/C33H32F2N4O2S2/c1-3-15-36-20-22-4-8-23(9-5-22)28-19-26-31(43-28)27(13-16-37-26)41-33(2)14-12-25(18-29(33)35)38-32(42)39-30(40)17-21-6-10-24(34)11-7-21/h4-13,16,18-19,36H,3,14-15,17,20H2,1-2H3,(H2,38,39,40,42). The Bertz CT molecular complexity index is 1680. The number of hydrogen-bond acceptors (Lipinski definition) is 6. The van der Waals surface area contributed by atoms with Gasteiger partial charge in [0.25, 0.3) is 0 Å². The lowest BCUT2D eigenvalue weighted by atomic mass is 9.94. The van der Waals surface area contributed by atoms with Gasteiger partial charge in [0.15, 0.2) is 10.7 Å². The Morgan fingerprint density at radius 3 is 2.56 bits per heavy atom. The number of pyridine rings is 1. The fraction of sp³-hybridized carbons (Fsp3) is 0.242. The molecule has 0 saturated carbocycles. The molecule has 2 aromatic heterocycles. The van der Waals surface area contributed by atoms with Crippen molar-refractivity contribution >= 4 is 44.8 Å². The van der Waals surface area contributed by atoms with Gasteiger partial charge in [0.2, 0.25) is 5.91 Å². The number of allylic oxidation sites excluding steroid dienone is 1. The lowest BCUT2D eigenvalue weighted by Crippen LogP contribution is -2.41. The van der Waals surface area contributed by atoms with Crippen LogP contribution in [0.2, 0.25) is 0 Å². The number of aromatic nitrogens is 1. The second kappa shape index (κ2) is 13.5. The molecule has 0 aliphatic heterocycles. The van der Waals surface area contributed by atoms with Crippen LogP contribution in [0.1, 0.15) is 37.8 Å². The second-order valence-corrected chi connectivity index (χ2v) is 12.0. The van der Waals surface area contributed by atoms with E-state index in [1.54, 1.807) is 36.6 Å². The summed E-state index contributed by atoms with van der Waals surface area (Å²) in [6.45, 7) is 5.66. The number of nitrogens with one attached hydrogen (secondary N) is 3. The number of carbonyl (C=O) groups is 1. The Hall–Kier alpha value is -3.99. The van der Waals surface area contributed by atoms with E-state index in [-0.39, 0.29) is 29.7 Å². The SMILES string of the molecule is CCCNCc1ccc(-c2cc3nccc(OC4(C)CC=C(NC(=S)NC(=O)Cc5ccc(F)cc5)C=C4F)c3s2)cc1. The van der Waals surface area contributed by atoms with Gasteiger partial charge in [-0.15, -0.1) is 11.3 Å². The van der Waals surface area contributed by atoms with E-state index in [0.717, 1.165) is 40.2 Å². The van der Waals surface area contributed by atoms with Gasteiger partial charge in [0.05, 0.1) is 16.6 Å². The smallest absolute Gasteiger partial charge is 0.230 e. The van der Waals surface area contributed by atoms with Crippen LogP contribution in [0.3, 0.4) is 0 Å². The first-order chi connectivity index (χ1) is 20.7. The minimum absolute atomic E-state index is 0.0317. The summed E-state index contributed by atoms with van der Waals surface area (Å²) in [7, 11) is 0. The van der Waals surface area contributed by atoms with E-state index in [1.807, 2.05) is 6.07 Å². The highest BCUT2D eigenvalue weighted by Crippen LogP contribution is 2.41. The maximum absolute atomic E-state index is 15.5. The molecular formula is C33H32F2N4O2S2. The molecule has 6 nitrogen and oxygen atoms in total. The van der Waals surface area contributed by atoms with Crippen molar-refractivity contribution in [2.75, 3.05) is 6.54 Å². The molecule has 1 aliphatic carbocycles. The average Bonchev–Trinajstić information content (AvgIpc) is 3.42. The molecule has 5 rings (SSSR count). The summed E-state index contributed by atoms with van der Waals surface area (Å²) in [6, 6.07) is 17.9. The molecule has 0 saturated heterocycles.